The summed E-state index contributed by atoms with van der Waals surface area (Å²) in [6.45, 7) is 8.16. The predicted molar refractivity (Wildman–Crippen MR) is 82.5 cm³/mol. The molecular weight excluding hydrogens is 306 g/mol. The number of hydrogen-bond acceptors (Lipinski definition) is 4. The quantitative estimate of drug-likeness (QED) is 0.776. The van der Waals surface area contributed by atoms with E-state index >= 15 is 0 Å². The van der Waals surface area contributed by atoms with Gasteiger partial charge in [0.2, 0.25) is 5.88 Å². The molecule has 1 fully saturated rings. The lowest BCUT2D eigenvalue weighted by Crippen LogP contribution is -2.32. The van der Waals surface area contributed by atoms with E-state index in [0.29, 0.717) is 6.61 Å². The molecule has 1 aromatic rings. The van der Waals surface area contributed by atoms with Gasteiger partial charge in [-0.25, -0.2) is 0 Å². The van der Waals surface area contributed by atoms with Gasteiger partial charge in [-0.1, -0.05) is 22.0 Å². The van der Waals surface area contributed by atoms with Gasteiger partial charge in [0.1, 0.15) is 5.82 Å². The number of alkyl halides is 1. The van der Waals surface area contributed by atoms with Crippen LogP contribution in [0.25, 0.3) is 0 Å². The number of hydrogen-bond donors (Lipinski definition) is 0. The van der Waals surface area contributed by atoms with Crippen LogP contribution in [0.2, 0.25) is 0 Å². The first kappa shape index (κ1) is 14.6. The van der Waals surface area contributed by atoms with E-state index < -0.39 is 0 Å². The fraction of sp³-hybridized carbons (Fsp3) is 0.643. The van der Waals surface area contributed by atoms with E-state index in [-0.39, 0.29) is 0 Å². The van der Waals surface area contributed by atoms with Crippen LogP contribution in [0.3, 0.4) is 0 Å². The van der Waals surface area contributed by atoms with Crippen molar-refractivity contribution in [2.45, 2.75) is 13.3 Å². The standard InChI is InChI=1S/C14H22BrN3O/c1-2-19-14-6-3-5-13(16-14)18-9-4-8-17(10-7-15)11-12-18/h3,5-6H,2,4,7-12H2,1H3. The van der Waals surface area contributed by atoms with Crippen LogP contribution in [0.4, 0.5) is 5.82 Å². The van der Waals surface area contributed by atoms with Crippen molar-refractivity contribution in [2.75, 3.05) is 49.6 Å². The van der Waals surface area contributed by atoms with Gasteiger partial charge in [-0.3, -0.25) is 0 Å². The molecule has 106 valence electrons. The minimum Gasteiger partial charge on any atom is -0.478 e. The molecule has 5 heteroatoms. The van der Waals surface area contributed by atoms with E-state index in [0.717, 1.165) is 43.2 Å². The molecule has 4 nitrogen and oxygen atoms in total. The number of rotatable bonds is 5. The van der Waals surface area contributed by atoms with E-state index in [1.165, 1.54) is 13.0 Å². The number of anilines is 1. The van der Waals surface area contributed by atoms with Gasteiger partial charge in [0, 0.05) is 37.6 Å². The normalized spacial score (nSPS) is 17.3. The number of halogens is 1. The second kappa shape index (κ2) is 7.70. The maximum Gasteiger partial charge on any atom is 0.215 e. The minimum absolute atomic E-state index is 0.662. The smallest absolute Gasteiger partial charge is 0.215 e. The number of ether oxygens (including phenoxy) is 1. The van der Waals surface area contributed by atoms with Crippen LogP contribution in [-0.4, -0.2) is 54.5 Å². The third kappa shape index (κ3) is 4.35. The molecule has 1 aromatic heterocycles. The molecule has 2 rings (SSSR count). The molecule has 1 aliphatic heterocycles. The summed E-state index contributed by atoms with van der Waals surface area (Å²) >= 11 is 3.51. The maximum atomic E-state index is 5.47. The lowest BCUT2D eigenvalue weighted by molar-refractivity contribution is 0.313. The van der Waals surface area contributed by atoms with Gasteiger partial charge in [-0.05, 0) is 26.0 Å². The van der Waals surface area contributed by atoms with Crippen LogP contribution >= 0.6 is 15.9 Å². The Morgan fingerprint density at radius 1 is 1.26 bits per heavy atom. The molecule has 0 atom stereocenters. The van der Waals surface area contributed by atoms with Gasteiger partial charge in [0.05, 0.1) is 6.61 Å². The highest BCUT2D eigenvalue weighted by Gasteiger charge is 2.15. The summed E-state index contributed by atoms with van der Waals surface area (Å²) in [4.78, 5) is 9.43. The van der Waals surface area contributed by atoms with E-state index in [2.05, 4.69) is 36.8 Å². The van der Waals surface area contributed by atoms with Crippen molar-refractivity contribution in [3.63, 3.8) is 0 Å². The Balaban J connectivity index is 1.99. The molecule has 0 unspecified atom stereocenters. The summed E-state index contributed by atoms with van der Waals surface area (Å²) in [5, 5.41) is 1.05. The largest absolute Gasteiger partial charge is 0.478 e. The van der Waals surface area contributed by atoms with Crippen molar-refractivity contribution in [2.24, 2.45) is 0 Å². The Hall–Kier alpha value is -0.810. The van der Waals surface area contributed by atoms with Gasteiger partial charge in [0.25, 0.3) is 0 Å². The molecule has 0 aromatic carbocycles. The molecular formula is C14H22BrN3O. The topological polar surface area (TPSA) is 28.6 Å². The van der Waals surface area contributed by atoms with Gasteiger partial charge in [-0.15, -0.1) is 0 Å². The van der Waals surface area contributed by atoms with Crippen LogP contribution in [0, 0.1) is 0 Å². The second-order valence-electron chi connectivity index (χ2n) is 4.64. The van der Waals surface area contributed by atoms with E-state index in [9.17, 15) is 0 Å². The number of nitrogens with zero attached hydrogens (tertiary/aromatic N) is 3. The van der Waals surface area contributed by atoms with Crippen LogP contribution in [0.15, 0.2) is 18.2 Å². The number of pyridine rings is 1. The average Bonchev–Trinajstić information content (AvgIpc) is 2.66. The monoisotopic (exact) mass is 327 g/mol. The first-order chi connectivity index (χ1) is 9.33. The zero-order chi connectivity index (χ0) is 13.5. The molecule has 0 aliphatic carbocycles. The third-order valence-electron chi connectivity index (χ3n) is 3.31. The lowest BCUT2D eigenvalue weighted by atomic mass is 10.3. The van der Waals surface area contributed by atoms with Gasteiger partial charge in [0.15, 0.2) is 0 Å². The Bertz CT molecular complexity index is 389. The molecule has 19 heavy (non-hydrogen) atoms. The Kier molecular flexibility index (Phi) is 5.92. The highest BCUT2D eigenvalue weighted by atomic mass is 79.9. The highest BCUT2D eigenvalue weighted by molar-refractivity contribution is 9.09. The summed E-state index contributed by atoms with van der Waals surface area (Å²) in [6, 6.07) is 6.01. The first-order valence-electron chi connectivity index (χ1n) is 6.96. The van der Waals surface area contributed by atoms with Gasteiger partial charge < -0.3 is 14.5 Å². The van der Waals surface area contributed by atoms with Crippen molar-refractivity contribution in [1.29, 1.82) is 0 Å². The average molecular weight is 328 g/mol. The fourth-order valence-electron chi connectivity index (χ4n) is 2.35. The van der Waals surface area contributed by atoms with Crippen molar-refractivity contribution in [1.82, 2.24) is 9.88 Å². The van der Waals surface area contributed by atoms with E-state index in [1.54, 1.807) is 0 Å². The third-order valence-corrected chi connectivity index (χ3v) is 3.67. The zero-order valence-electron chi connectivity index (χ0n) is 11.5. The predicted octanol–water partition coefficient (Wildman–Crippen LogP) is 2.39. The zero-order valence-corrected chi connectivity index (χ0v) is 13.1. The van der Waals surface area contributed by atoms with Crippen molar-refractivity contribution in [3.8, 4) is 5.88 Å². The van der Waals surface area contributed by atoms with Gasteiger partial charge in [-0.2, -0.15) is 4.98 Å². The fourth-order valence-corrected chi connectivity index (χ4v) is 2.85. The molecule has 0 radical (unpaired) electrons. The summed E-state index contributed by atoms with van der Waals surface area (Å²) < 4.78 is 5.47. The highest BCUT2D eigenvalue weighted by Crippen LogP contribution is 2.17. The molecule has 0 spiro atoms. The summed E-state index contributed by atoms with van der Waals surface area (Å²) in [6.07, 6.45) is 1.19. The Labute approximate surface area is 123 Å². The van der Waals surface area contributed by atoms with Crippen LogP contribution in [0.5, 0.6) is 5.88 Å². The molecule has 0 saturated carbocycles. The molecule has 0 N–H and O–H groups in total. The van der Waals surface area contributed by atoms with Crippen LogP contribution in [0.1, 0.15) is 13.3 Å². The van der Waals surface area contributed by atoms with Gasteiger partial charge >= 0.3 is 0 Å². The second-order valence-corrected chi connectivity index (χ2v) is 5.43. The minimum atomic E-state index is 0.662. The lowest BCUT2D eigenvalue weighted by Gasteiger charge is -2.22. The molecule has 1 aliphatic rings. The molecule has 0 bridgehead atoms. The van der Waals surface area contributed by atoms with Crippen LogP contribution < -0.4 is 9.64 Å². The Morgan fingerprint density at radius 2 is 2.16 bits per heavy atom. The summed E-state index contributed by atoms with van der Waals surface area (Å²) in [5.74, 6) is 1.76. The number of aromatic nitrogens is 1. The van der Waals surface area contributed by atoms with Crippen LogP contribution in [-0.2, 0) is 0 Å². The van der Waals surface area contributed by atoms with Crippen molar-refractivity contribution in [3.05, 3.63) is 18.2 Å². The first-order valence-corrected chi connectivity index (χ1v) is 8.08. The van der Waals surface area contributed by atoms with Crippen molar-refractivity contribution < 1.29 is 4.74 Å². The molecule has 1 saturated heterocycles. The maximum absolute atomic E-state index is 5.47. The van der Waals surface area contributed by atoms with E-state index in [1.807, 2.05) is 19.1 Å². The summed E-state index contributed by atoms with van der Waals surface area (Å²) in [5.41, 5.74) is 0. The SMILES string of the molecule is CCOc1cccc(N2CCCN(CCBr)CC2)n1. The molecule has 0 amide bonds. The van der Waals surface area contributed by atoms with Crippen molar-refractivity contribution >= 4 is 21.7 Å². The molecule has 2 heterocycles. The summed E-state index contributed by atoms with van der Waals surface area (Å²) in [7, 11) is 0. The van der Waals surface area contributed by atoms with E-state index in [4.69, 9.17) is 4.74 Å². The Morgan fingerprint density at radius 3 is 2.95 bits per heavy atom.